The molecule has 0 saturated heterocycles. The summed E-state index contributed by atoms with van der Waals surface area (Å²) in [5.74, 6) is -0.736. The SMILES string of the molecule is CCCCCCc1cc(CCCCCC)cc(CC(=O)O)c1.[NaH]. The third kappa shape index (κ3) is 11.0. The molecule has 1 N–H and O–H groups in total. The summed E-state index contributed by atoms with van der Waals surface area (Å²) < 4.78 is 0. The van der Waals surface area contributed by atoms with Crippen LogP contribution in [0.3, 0.4) is 0 Å². The van der Waals surface area contributed by atoms with Crippen molar-refractivity contribution in [2.45, 2.75) is 84.5 Å². The topological polar surface area (TPSA) is 37.3 Å². The fourth-order valence-corrected chi connectivity index (χ4v) is 2.92. The molecule has 1 aromatic rings. The van der Waals surface area contributed by atoms with Gasteiger partial charge in [0.15, 0.2) is 0 Å². The van der Waals surface area contributed by atoms with E-state index in [4.69, 9.17) is 5.11 Å². The third-order valence-electron chi connectivity index (χ3n) is 4.11. The molecule has 0 amide bonds. The number of carboxylic acid groups (broad SMARTS) is 1. The van der Waals surface area contributed by atoms with Crippen molar-refractivity contribution in [1.29, 1.82) is 0 Å². The molecule has 1 rings (SSSR count). The second-order valence-electron chi connectivity index (χ2n) is 6.35. The van der Waals surface area contributed by atoms with Gasteiger partial charge in [0, 0.05) is 0 Å². The quantitative estimate of drug-likeness (QED) is 0.437. The van der Waals surface area contributed by atoms with E-state index < -0.39 is 5.97 Å². The van der Waals surface area contributed by atoms with Crippen LogP contribution in [0.4, 0.5) is 0 Å². The monoisotopic (exact) mass is 328 g/mol. The van der Waals surface area contributed by atoms with Crippen molar-refractivity contribution in [2.24, 2.45) is 0 Å². The summed E-state index contributed by atoms with van der Waals surface area (Å²) in [5.41, 5.74) is 3.60. The van der Waals surface area contributed by atoms with E-state index in [1.807, 2.05) is 0 Å². The maximum absolute atomic E-state index is 11.0. The molecule has 0 aromatic heterocycles. The molecule has 0 aliphatic rings. The Kier molecular flexibility index (Phi) is 13.9. The second kappa shape index (κ2) is 14.1. The molecule has 0 aliphatic heterocycles. The molecule has 0 aliphatic carbocycles. The first-order chi connectivity index (χ1) is 10.7. The van der Waals surface area contributed by atoms with E-state index in [1.165, 1.54) is 62.5 Å². The number of aliphatic carboxylic acids is 1. The fraction of sp³-hybridized carbons (Fsp3) is 0.650. The normalized spacial score (nSPS) is 10.3. The van der Waals surface area contributed by atoms with E-state index >= 15 is 0 Å². The van der Waals surface area contributed by atoms with Gasteiger partial charge < -0.3 is 5.11 Å². The number of carbonyl (C=O) groups is 1. The van der Waals surface area contributed by atoms with E-state index in [2.05, 4.69) is 32.0 Å². The van der Waals surface area contributed by atoms with Gasteiger partial charge in [-0.15, -0.1) is 0 Å². The molecule has 0 atom stereocenters. The van der Waals surface area contributed by atoms with Crippen molar-refractivity contribution in [3.63, 3.8) is 0 Å². The Morgan fingerprint density at radius 1 is 0.783 bits per heavy atom. The minimum absolute atomic E-state index is 0. The van der Waals surface area contributed by atoms with Crippen LogP contribution in [0.15, 0.2) is 18.2 Å². The van der Waals surface area contributed by atoms with Crippen LogP contribution in [0, 0.1) is 0 Å². The summed E-state index contributed by atoms with van der Waals surface area (Å²) >= 11 is 0. The summed E-state index contributed by atoms with van der Waals surface area (Å²) in [4.78, 5) is 11.0. The average Bonchev–Trinajstić information content (AvgIpc) is 2.47. The molecular formula is C20H33NaO2. The molecule has 0 heterocycles. The van der Waals surface area contributed by atoms with Crippen molar-refractivity contribution in [3.05, 3.63) is 34.9 Å². The van der Waals surface area contributed by atoms with Crippen molar-refractivity contribution in [2.75, 3.05) is 0 Å². The van der Waals surface area contributed by atoms with Gasteiger partial charge in [0.05, 0.1) is 6.42 Å². The van der Waals surface area contributed by atoms with Crippen LogP contribution in [-0.4, -0.2) is 40.6 Å². The van der Waals surface area contributed by atoms with E-state index in [1.54, 1.807) is 0 Å². The molecule has 126 valence electrons. The van der Waals surface area contributed by atoms with Crippen LogP contribution >= 0.6 is 0 Å². The Hall–Kier alpha value is -0.310. The van der Waals surface area contributed by atoms with Crippen LogP contribution in [-0.2, 0) is 24.1 Å². The van der Waals surface area contributed by atoms with Crippen LogP contribution in [0.2, 0.25) is 0 Å². The molecule has 3 heteroatoms. The number of hydrogen-bond acceptors (Lipinski definition) is 1. The van der Waals surface area contributed by atoms with Crippen molar-refractivity contribution >= 4 is 35.5 Å². The number of carboxylic acids is 1. The maximum atomic E-state index is 11.0. The number of benzene rings is 1. The van der Waals surface area contributed by atoms with Gasteiger partial charge in [-0.1, -0.05) is 70.6 Å². The van der Waals surface area contributed by atoms with Crippen molar-refractivity contribution in [3.8, 4) is 0 Å². The molecule has 2 nitrogen and oxygen atoms in total. The Bertz CT molecular complexity index is 413. The Balaban J connectivity index is 0.00000484. The van der Waals surface area contributed by atoms with Crippen molar-refractivity contribution in [1.82, 2.24) is 0 Å². The first-order valence-electron chi connectivity index (χ1n) is 8.99. The summed E-state index contributed by atoms with van der Waals surface area (Å²) in [5, 5.41) is 9.04. The predicted octanol–water partition coefficient (Wildman–Crippen LogP) is 4.91. The minimum atomic E-state index is -0.736. The van der Waals surface area contributed by atoms with Crippen LogP contribution < -0.4 is 0 Å². The summed E-state index contributed by atoms with van der Waals surface area (Å²) in [6, 6.07) is 6.48. The molecule has 0 unspecified atom stereocenters. The van der Waals surface area contributed by atoms with Crippen molar-refractivity contribution < 1.29 is 9.90 Å². The van der Waals surface area contributed by atoms with Gasteiger partial charge in [0.2, 0.25) is 0 Å². The summed E-state index contributed by atoms with van der Waals surface area (Å²) in [6.45, 7) is 4.45. The first kappa shape index (κ1) is 22.7. The molecule has 0 radical (unpaired) electrons. The molecule has 0 saturated carbocycles. The van der Waals surface area contributed by atoms with Gasteiger partial charge in [-0.05, 0) is 42.4 Å². The number of hydrogen-bond donors (Lipinski definition) is 1. The number of aryl methyl sites for hydroxylation is 2. The Morgan fingerprint density at radius 2 is 1.22 bits per heavy atom. The predicted molar refractivity (Wildman–Crippen MR) is 101 cm³/mol. The number of rotatable bonds is 12. The standard InChI is InChI=1S/C20H32O2.Na.H/c1-3-5-7-9-11-17-13-18(12-10-8-6-4-2)15-19(14-17)16-20(21)22;;/h13-15H,3-12,16H2,1-2H3,(H,21,22);;. The van der Waals surface area contributed by atoms with Gasteiger partial charge in [-0.2, -0.15) is 0 Å². The van der Waals surface area contributed by atoms with Crippen LogP contribution in [0.1, 0.15) is 81.9 Å². The second-order valence-corrected chi connectivity index (χ2v) is 6.35. The van der Waals surface area contributed by atoms with Gasteiger partial charge in [0.1, 0.15) is 0 Å². The third-order valence-corrected chi connectivity index (χ3v) is 4.11. The Morgan fingerprint density at radius 3 is 1.61 bits per heavy atom. The Labute approximate surface area is 164 Å². The van der Waals surface area contributed by atoms with E-state index in [-0.39, 0.29) is 36.0 Å². The molecule has 0 spiro atoms. The molecular weight excluding hydrogens is 295 g/mol. The van der Waals surface area contributed by atoms with Crippen LogP contribution in [0.5, 0.6) is 0 Å². The average molecular weight is 328 g/mol. The van der Waals surface area contributed by atoms with Gasteiger partial charge >= 0.3 is 35.5 Å². The zero-order valence-electron chi connectivity index (χ0n) is 14.4. The molecule has 23 heavy (non-hydrogen) atoms. The van der Waals surface area contributed by atoms with E-state index in [0.29, 0.717) is 0 Å². The zero-order chi connectivity index (χ0) is 16.2. The fourth-order valence-electron chi connectivity index (χ4n) is 2.92. The van der Waals surface area contributed by atoms with Crippen LogP contribution in [0.25, 0.3) is 0 Å². The zero-order valence-corrected chi connectivity index (χ0v) is 14.4. The first-order valence-corrected chi connectivity index (χ1v) is 8.99. The van der Waals surface area contributed by atoms with Gasteiger partial charge in [-0.25, -0.2) is 0 Å². The molecule has 0 bridgehead atoms. The van der Waals surface area contributed by atoms with E-state index in [0.717, 1.165) is 18.4 Å². The summed E-state index contributed by atoms with van der Waals surface area (Å²) in [7, 11) is 0. The van der Waals surface area contributed by atoms with E-state index in [9.17, 15) is 4.79 Å². The summed E-state index contributed by atoms with van der Waals surface area (Å²) in [6.07, 6.45) is 12.3. The van der Waals surface area contributed by atoms with Gasteiger partial charge in [0.25, 0.3) is 0 Å². The molecule has 0 fully saturated rings. The van der Waals surface area contributed by atoms with Gasteiger partial charge in [-0.3, -0.25) is 4.79 Å². The molecule has 1 aromatic carbocycles. The number of unbranched alkanes of at least 4 members (excludes halogenated alkanes) is 6.